The van der Waals surface area contributed by atoms with Gasteiger partial charge < -0.3 is 14.8 Å². The molecule has 2 aromatic carbocycles. The average Bonchev–Trinajstić information content (AvgIpc) is 3.12. The number of amides is 1. The second-order valence-corrected chi connectivity index (χ2v) is 6.93. The Labute approximate surface area is 165 Å². The van der Waals surface area contributed by atoms with Crippen LogP contribution in [0.15, 0.2) is 63.9 Å². The minimum absolute atomic E-state index is 0.0690. The predicted molar refractivity (Wildman–Crippen MR) is 109 cm³/mol. The van der Waals surface area contributed by atoms with Crippen LogP contribution in [-0.4, -0.2) is 16.0 Å². The number of nitrogens with zero attached hydrogens (tertiary/aromatic N) is 1. The van der Waals surface area contributed by atoms with Crippen LogP contribution < -0.4 is 10.9 Å². The second-order valence-electron chi connectivity index (χ2n) is 6.50. The van der Waals surface area contributed by atoms with Gasteiger partial charge in [0.25, 0.3) is 5.56 Å². The molecule has 7 heteroatoms. The Bertz CT molecular complexity index is 1230. The fourth-order valence-electron chi connectivity index (χ4n) is 2.90. The van der Waals surface area contributed by atoms with Crippen LogP contribution in [0.1, 0.15) is 11.3 Å². The van der Waals surface area contributed by atoms with E-state index in [9.17, 15) is 9.59 Å². The Morgan fingerprint density at radius 3 is 2.71 bits per heavy atom. The number of nitrogens with one attached hydrogen (secondary N) is 2. The molecule has 0 atom stereocenters. The summed E-state index contributed by atoms with van der Waals surface area (Å²) in [6, 6.07) is 16.1. The molecule has 0 saturated heterocycles. The lowest BCUT2D eigenvalue weighted by molar-refractivity contribution is -0.115. The van der Waals surface area contributed by atoms with Gasteiger partial charge in [0.1, 0.15) is 0 Å². The van der Waals surface area contributed by atoms with Crippen LogP contribution in [-0.2, 0) is 11.2 Å². The molecule has 28 heavy (non-hydrogen) atoms. The zero-order chi connectivity index (χ0) is 19.7. The molecule has 0 aliphatic carbocycles. The van der Waals surface area contributed by atoms with Crippen molar-refractivity contribution < 1.29 is 9.32 Å². The summed E-state index contributed by atoms with van der Waals surface area (Å²) in [4.78, 5) is 26.9. The number of carbonyl (C=O) groups excluding carboxylic acids is 1. The molecule has 2 aromatic heterocycles. The van der Waals surface area contributed by atoms with Gasteiger partial charge in [-0.3, -0.25) is 9.59 Å². The van der Waals surface area contributed by atoms with Gasteiger partial charge in [0.15, 0.2) is 5.76 Å². The van der Waals surface area contributed by atoms with E-state index in [0.29, 0.717) is 33.2 Å². The lowest BCUT2D eigenvalue weighted by atomic mass is 10.1. The molecule has 0 bridgehead atoms. The number of halogens is 1. The Kier molecular flexibility index (Phi) is 4.71. The lowest BCUT2D eigenvalue weighted by Gasteiger charge is -2.06. The predicted octanol–water partition coefficient (Wildman–Crippen LogP) is 4.33. The van der Waals surface area contributed by atoms with Gasteiger partial charge in [-0.15, -0.1) is 0 Å². The molecule has 0 unspecified atom stereocenters. The number of aromatic nitrogens is 2. The Hall–Kier alpha value is -3.38. The topological polar surface area (TPSA) is 88.0 Å². The highest BCUT2D eigenvalue weighted by molar-refractivity contribution is 6.30. The highest BCUT2D eigenvalue weighted by atomic mass is 35.5. The fourth-order valence-corrected chi connectivity index (χ4v) is 3.03. The minimum atomic E-state index is -0.232. The molecule has 0 fully saturated rings. The number of fused-ring (bicyclic) bond motifs is 1. The van der Waals surface area contributed by atoms with Crippen LogP contribution in [0.3, 0.4) is 0 Å². The summed E-state index contributed by atoms with van der Waals surface area (Å²) in [5, 5.41) is 8.30. The molecule has 0 radical (unpaired) electrons. The summed E-state index contributed by atoms with van der Waals surface area (Å²) >= 11 is 5.88. The summed E-state index contributed by atoms with van der Waals surface area (Å²) in [6.45, 7) is 1.75. The number of aromatic amines is 1. The van der Waals surface area contributed by atoms with Gasteiger partial charge in [0.2, 0.25) is 5.91 Å². The number of aryl methyl sites for hydroxylation is 1. The molecule has 0 aliphatic heterocycles. The van der Waals surface area contributed by atoms with Gasteiger partial charge in [0, 0.05) is 27.9 Å². The minimum Gasteiger partial charge on any atom is -0.356 e. The summed E-state index contributed by atoms with van der Waals surface area (Å²) in [6.07, 6.45) is 0.0690. The Balaban J connectivity index is 1.47. The number of carbonyl (C=O) groups is 1. The van der Waals surface area contributed by atoms with Crippen molar-refractivity contribution in [2.45, 2.75) is 13.3 Å². The number of benzene rings is 2. The molecule has 1 amide bonds. The highest BCUT2D eigenvalue weighted by Crippen LogP contribution is 2.23. The van der Waals surface area contributed by atoms with Gasteiger partial charge in [0.05, 0.1) is 17.6 Å². The second kappa shape index (κ2) is 7.32. The third-order valence-electron chi connectivity index (χ3n) is 4.34. The first kappa shape index (κ1) is 18.0. The first-order valence-corrected chi connectivity index (χ1v) is 9.01. The van der Waals surface area contributed by atoms with Crippen molar-refractivity contribution in [1.29, 1.82) is 0 Å². The monoisotopic (exact) mass is 393 g/mol. The zero-order valence-electron chi connectivity index (χ0n) is 15.0. The molecule has 0 saturated carbocycles. The van der Waals surface area contributed by atoms with Crippen LogP contribution in [0.5, 0.6) is 0 Å². The number of H-pyrrole nitrogens is 1. The van der Waals surface area contributed by atoms with E-state index in [1.807, 2.05) is 24.3 Å². The zero-order valence-corrected chi connectivity index (χ0v) is 15.7. The van der Waals surface area contributed by atoms with Crippen LogP contribution in [0, 0.1) is 6.92 Å². The normalized spacial score (nSPS) is 10.9. The van der Waals surface area contributed by atoms with Crippen molar-refractivity contribution in [2.75, 3.05) is 5.32 Å². The van der Waals surface area contributed by atoms with Crippen molar-refractivity contribution in [2.24, 2.45) is 0 Å². The summed E-state index contributed by atoms with van der Waals surface area (Å²) in [5.41, 5.74) is 3.11. The third kappa shape index (κ3) is 3.82. The molecule has 140 valence electrons. The molecule has 4 rings (SSSR count). The van der Waals surface area contributed by atoms with E-state index in [4.69, 9.17) is 16.1 Å². The largest absolute Gasteiger partial charge is 0.356 e. The van der Waals surface area contributed by atoms with E-state index in [0.717, 1.165) is 10.9 Å². The Morgan fingerprint density at radius 2 is 1.93 bits per heavy atom. The van der Waals surface area contributed by atoms with Gasteiger partial charge in [-0.25, -0.2) is 0 Å². The molecule has 0 aliphatic rings. The molecular formula is C21H16ClN3O3. The quantitative estimate of drug-likeness (QED) is 0.540. The fraction of sp³-hybridized carbons (Fsp3) is 0.0952. The molecule has 0 spiro atoms. The number of anilines is 1. The maximum atomic E-state index is 12.3. The summed E-state index contributed by atoms with van der Waals surface area (Å²) in [5.74, 6) is 0.336. The summed E-state index contributed by atoms with van der Waals surface area (Å²) in [7, 11) is 0. The molecule has 2 N–H and O–H groups in total. The van der Waals surface area contributed by atoms with Crippen molar-refractivity contribution in [3.05, 3.63) is 81.2 Å². The number of hydrogen-bond donors (Lipinski definition) is 2. The third-order valence-corrected chi connectivity index (χ3v) is 4.60. The van der Waals surface area contributed by atoms with Crippen LogP contribution in [0.4, 0.5) is 5.69 Å². The number of hydrogen-bond acceptors (Lipinski definition) is 4. The molecule has 2 heterocycles. The standard InChI is InChI=1S/C21H16ClN3O3/c1-12-8-14-4-7-16(9-18(14)24-21(12)27)23-20(26)11-17-10-19(28-25-17)13-2-5-15(22)6-3-13/h2-10H,11H2,1H3,(H,23,26)(H,24,27). The van der Waals surface area contributed by atoms with Crippen molar-refractivity contribution in [3.63, 3.8) is 0 Å². The average molecular weight is 394 g/mol. The highest BCUT2D eigenvalue weighted by Gasteiger charge is 2.11. The van der Waals surface area contributed by atoms with E-state index >= 15 is 0 Å². The molecular weight excluding hydrogens is 378 g/mol. The van der Waals surface area contributed by atoms with E-state index in [2.05, 4.69) is 15.5 Å². The van der Waals surface area contributed by atoms with Crippen LogP contribution >= 0.6 is 11.6 Å². The van der Waals surface area contributed by atoms with E-state index in [1.54, 1.807) is 37.3 Å². The van der Waals surface area contributed by atoms with Gasteiger partial charge in [-0.2, -0.15) is 0 Å². The molecule has 6 nitrogen and oxygen atoms in total. The van der Waals surface area contributed by atoms with E-state index < -0.39 is 0 Å². The first-order chi connectivity index (χ1) is 13.5. The Morgan fingerprint density at radius 1 is 1.14 bits per heavy atom. The van der Waals surface area contributed by atoms with E-state index in [1.165, 1.54) is 0 Å². The lowest BCUT2D eigenvalue weighted by Crippen LogP contribution is -2.15. The van der Waals surface area contributed by atoms with Crippen molar-refractivity contribution in [3.8, 4) is 11.3 Å². The van der Waals surface area contributed by atoms with Crippen LogP contribution in [0.2, 0.25) is 5.02 Å². The SMILES string of the molecule is Cc1cc2ccc(NC(=O)Cc3cc(-c4ccc(Cl)cc4)on3)cc2[nH]c1=O. The van der Waals surface area contributed by atoms with Gasteiger partial charge in [-0.05, 0) is 54.8 Å². The maximum absolute atomic E-state index is 12.3. The summed E-state index contributed by atoms with van der Waals surface area (Å²) < 4.78 is 5.31. The number of pyridine rings is 1. The van der Waals surface area contributed by atoms with Crippen LogP contribution in [0.25, 0.3) is 22.2 Å². The number of rotatable bonds is 4. The van der Waals surface area contributed by atoms with E-state index in [-0.39, 0.29) is 17.9 Å². The van der Waals surface area contributed by atoms with Crippen molar-refractivity contribution >= 4 is 34.1 Å². The maximum Gasteiger partial charge on any atom is 0.251 e. The molecule has 4 aromatic rings. The van der Waals surface area contributed by atoms with Gasteiger partial charge in [-0.1, -0.05) is 22.8 Å². The van der Waals surface area contributed by atoms with Gasteiger partial charge >= 0.3 is 0 Å². The first-order valence-electron chi connectivity index (χ1n) is 8.63. The van der Waals surface area contributed by atoms with Crippen molar-refractivity contribution in [1.82, 2.24) is 10.1 Å². The smallest absolute Gasteiger partial charge is 0.251 e.